The normalized spacial score (nSPS) is 10.9. The largest absolute Gasteiger partial charge is 0.496 e. The molecule has 0 fully saturated rings. The van der Waals surface area contributed by atoms with Crippen molar-refractivity contribution in [1.82, 2.24) is 0 Å². The first kappa shape index (κ1) is 16.6. The molecule has 0 bridgehead atoms. The van der Waals surface area contributed by atoms with Gasteiger partial charge in [0, 0.05) is 11.6 Å². The van der Waals surface area contributed by atoms with Gasteiger partial charge in [-0.2, -0.15) is 0 Å². The highest BCUT2D eigenvalue weighted by atomic mass is 16.5. The monoisotopic (exact) mass is 334 g/mol. The van der Waals surface area contributed by atoms with E-state index in [1.54, 1.807) is 25.3 Å². The summed E-state index contributed by atoms with van der Waals surface area (Å²) in [5.41, 5.74) is 1.63. The van der Waals surface area contributed by atoms with E-state index in [1.807, 2.05) is 42.5 Å². The van der Waals surface area contributed by atoms with Crippen molar-refractivity contribution < 1.29 is 19.4 Å². The molecular formula is C21H18O4. The number of ether oxygens (including phenoxy) is 2. The Balaban J connectivity index is 1.80. The fourth-order valence-electron chi connectivity index (χ4n) is 2.60. The lowest BCUT2D eigenvalue weighted by atomic mass is 10.1. The standard InChI is InChI=1S/C21H18O4/c1-24-20-10-6-15(7-11-21(22)23)12-18(20)14-25-19-9-8-16-4-2-3-5-17(16)13-19/h2-13H,14H2,1H3,(H,22,23). The first-order valence-corrected chi connectivity index (χ1v) is 7.85. The van der Waals surface area contributed by atoms with Gasteiger partial charge >= 0.3 is 5.97 Å². The summed E-state index contributed by atoms with van der Waals surface area (Å²) in [7, 11) is 1.60. The second kappa shape index (κ2) is 7.53. The molecule has 0 amide bonds. The third-order valence-electron chi connectivity index (χ3n) is 3.84. The van der Waals surface area contributed by atoms with E-state index < -0.39 is 5.97 Å². The van der Waals surface area contributed by atoms with E-state index in [-0.39, 0.29) is 0 Å². The molecule has 0 aromatic heterocycles. The lowest BCUT2D eigenvalue weighted by Gasteiger charge is -2.12. The van der Waals surface area contributed by atoms with Crippen LogP contribution in [0.4, 0.5) is 0 Å². The highest BCUT2D eigenvalue weighted by Crippen LogP contribution is 2.25. The lowest BCUT2D eigenvalue weighted by Crippen LogP contribution is -1.99. The fraction of sp³-hybridized carbons (Fsp3) is 0.0952. The smallest absolute Gasteiger partial charge is 0.328 e. The molecule has 126 valence electrons. The van der Waals surface area contributed by atoms with Crippen molar-refractivity contribution in [2.45, 2.75) is 6.61 Å². The summed E-state index contributed by atoms with van der Waals surface area (Å²) in [6, 6.07) is 19.5. The summed E-state index contributed by atoms with van der Waals surface area (Å²) < 4.78 is 11.3. The number of carbonyl (C=O) groups is 1. The van der Waals surface area contributed by atoms with Crippen molar-refractivity contribution in [3.05, 3.63) is 77.9 Å². The summed E-state index contributed by atoms with van der Waals surface area (Å²) in [4.78, 5) is 10.7. The number of rotatable bonds is 6. The Hall–Kier alpha value is -3.27. The highest BCUT2D eigenvalue weighted by molar-refractivity contribution is 5.85. The van der Waals surface area contributed by atoms with E-state index in [1.165, 1.54) is 0 Å². The molecule has 0 saturated heterocycles. The van der Waals surface area contributed by atoms with Gasteiger partial charge in [-0.25, -0.2) is 4.79 Å². The molecule has 3 aromatic rings. The zero-order chi connectivity index (χ0) is 17.6. The molecule has 0 atom stereocenters. The second-order valence-electron chi connectivity index (χ2n) is 5.54. The number of fused-ring (bicyclic) bond motifs is 1. The maximum Gasteiger partial charge on any atom is 0.328 e. The predicted molar refractivity (Wildman–Crippen MR) is 97.9 cm³/mol. The molecule has 4 nitrogen and oxygen atoms in total. The summed E-state index contributed by atoms with van der Waals surface area (Å²) in [6.07, 6.45) is 2.65. The Kier molecular flexibility index (Phi) is 5.00. The van der Waals surface area contributed by atoms with Gasteiger partial charge in [-0.05, 0) is 46.7 Å². The molecule has 3 rings (SSSR count). The van der Waals surface area contributed by atoms with Crippen LogP contribution in [0.2, 0.25) is 0 Å². The minimum Gasteiger partial charge on any atom is -0.496 e. The number of aliphatic carboxylic acids is 1. The first-order chi connectivity index (χ1) is 12.2. The van der Waals surface area contributed by atoms with E-state index in [9.17, 15) is 4.79 Å². The molecule has 3 aromatic carbocycles. The van der Waals surface area contributed by atoms with Crippen LogP contribution in [0, 0.1) is 0 Å². The van der Waals surface area contributed by atoms with Gasteiger partial charge in [0.05, 0.1) is 7.11 Å². The van der Waals surface area contributed by atoms with Gasteiger partial charge in [-0.15, -0.1) is 0 Å². The van der Waals surface area contributed by atoms with Gasteiger partial charge in [0.1, 0.15) is 18.1 Å². The van der Waals surface area contributed by atoms with E-state index in [2.05, 4.69) is 6.07 Å². The number of benzene rings is 3. The third kappa shape index (κ3) is 4.18. The van der Waals surface area contributed by atoms with E-state index in [4.69, 9.17) is 14.6 Å². The number of carboxylic acids is 1. The van der Waals surface area contributed by atoms with Gasteiger partial charge in [-0.3, -0.25) is 0 Å². The second-order valence-corrected chi connectivity index (χ2v) is 5.54. The molecule has 0 heterocycles. The third-order valence-corrected chi connectivity index (χ3v) is 3.84. The van der Waals surface area contributed by atoms with Gasteiger partial charge in [0.25, 0.3) is 0 Å². The average Bonchev–Trinajstić information content (AvgIpc) is 2.64. The molecule has 0 radical (unpaired) electrons. The predicted octanol–water partition coefficient (Wildman–Crippen LogP) is 4.53. The maximum atomic E-state index is 10.7. The fourth-order valence-corrected chi connectivity index (χ4v) is 2.60. The summed E-state index contributed by atoms with van der Waals surface area (Å²) in [6.45, 7) is 0.330. The molecule has 0 aliphatic carbocycles. The SMILES string of the molecule is COc1ccc(C=CC(=O)O)cc1COc1ccc2ccccc2c1. The Morgan fingerprint density at radius 3 is 2.60 bits per heavy atom. The average molecular weight is 334 g/mol. The van der Waals surface area contributed by atoms with Crippen molar-refractivity contribution in [3.8, 4) is 11.5 Å². The molecule has 4 heteroatoms. The number of hydrogen-bond donors (Lipinski definition) is 1. The quantitative estimate of drug-likeness (QED) is 0.673. The number of hydrogen-bond acceptors (Lipinski definition) is 3. The van der Waals surface area contributed by atoms with Crippen molar-refractivity contribution in [2.24, 2.45) is 0 Å². The molecule has 25 heavy (non-hydrogen) atoms. The topological polar surface area (TPSA) is 55.8 Å². The van der Waals surface area contributed by atoms with Crippen molar-refractivity contribution in [2.75, 3.05) is 7.11 Å². The summed E-state index contributed by atoms with van der Waals surface area (Å²) >= 11 is 0. The Bertz CT molecular complexity index is 928. The van der Waals surface area contributed by atoms with Crippen LogP contribution in [-0.2, 0) is 11.4 Å². The number of carboxylic acid groups (broad SMARTS) is 1. The Labute approximate surface area is 145 Å². The molecule has 0 saturated carbocycles. The van der Waals surface area contributed by atoms with Crippen LogP contribution in [0.25, 0.3) is 16.8 Å². The van der Waals surface area contributed by atoms with Gasteiger partial charge in [0.2, 0.25) is 0 Å². The zero-order valence-electron chi connectivity index (χ0n) is 13.8. The van der Waals surface area contributed by atoms with Crippen molar-refractivity contribution >= 4 is 22.8 Å². The number of methoxy groups -OCH3 is 1. The van der Waals surface area contributed by atoms with E-state index in [0.717, 1.165) is 33.7 Å². The van der Waals surface area contributed by atoms with Gasteiger partial charge in [0.15, 0.2) is 0 Å². The summed E-state index contributed by atoms with van der Waals surface area (Å²) in [5.74, 6) is 0.491. The minimum absolute atomic E-state index is 0.330. The zero-order valence-corrected chi connectivity index (χ0v) is 13.8. The van der Waals surface area contributed by atoms with Crippen LogP contribution >= 0.6 is 0 Å². The molecular weight excluding hydrogens is 316 g/mol. The van der Waals surface area contributed by atoms with Crippen LogP contribution in [0.5, 0.6) is 11.5 Å². The molecule has 0 spiro atoms. The van der Waals surface area contributed by atoms with Crippen LogP contribution in [0.3, 0.4) is 0 Å². The Morgan fingerprint density at radius 2 is 1.84 bits per heavy atom. The van der Waals surface area contributed by atoms with Gasteiger partial charge < -0.3 is 14.6 Å². The van der Waals surface area contributed by atoms with Crippen LogP contribution < -0.4 is 9.47 Å². The molecule has 0 aliphatic heterocycles. The first-order valence-electron chi connectivity index (χ1n) is 7.85. The minimum atomic E-state index is -0.982. The lowest BCUT2D eigenvalue weighted by molar-refractivity contribution is -0.131. The Morgan fingerprint density at radius 1 is 1.04 bits per heavy atom. The molecule has 0 aliphatic rings. The van der Waals surface area contributed by atoms with Crippen LogP contribution in [0.15, 0.2) is 66.7 Å². The molecule has 0 unspecified atom stereocenters. The molecule has 1 N–H and O–H groups in total. The van der Waals surface area contributed by atoms with E-state index in [0.29, 0.717) is 12.4 Å². The summed E-state index contributed by atoms with van der Waals surface area (Å²) in [5, 5.41) is 11.0. The highest BCUT2D eigenvalue weighted by Gasteiger charge is 2.06. The van der Waals surface area contributed by atoms with Crippen molar-refractivity contribution in [1.29, 1.82) is 0 Å². The van der Waals surface area contributed by atoms with E-state index >= 15 is 0 Å². The van der Waals surface area contributed by atoms with Crippen LogP contribution in [0.1, 0.15) is 11.1 Å². The maximum absolute atomic E-state index is 10.7. The van der Waals surface area contributed by atoms with Crippen LogP contribution in [-0.4, -0.2) is 18.2 Å². The van der Waals surface area contributed by atoms with Gasteiger partial charge in [-0.1, -0.05) is 36.4 Å². The van der Waals surface area contributed by atoms with Crippen molar-refractivity contribution in [3.63, 3.8) is 0 Å².